The number of nitrogens with zero attached hydrogens (tertiary/aromatic N) is 1. The molecule has 1 aromatic heterocycles. The maximum atomic E-state index is 5.56. The molecular weight excluding hydrogens is 210 g/mol. The lowest BCUT2D eigenvalue weighted by atomic mass is 10.2. The van der Waals surface area contributed by atoms with Crippen LogP contribution in [0.15, 0.2) is 48.5 Å². The van der Waals surface area contributed by atoms with Crippen molar-refractivity contribution in [1.82, 2.24) is 4.57 Å². The third-order valence-electron chi connectivity index (χ3n) is 3.10. The molecule has 0 amide bonds. The van der Waals surface area contributed by atoms with E-state index in [1.807, 2.05) is 6.92 Å². The zero-order valence-corrected chi connectivity index (χ0v) is 9.89. The monoisotopic (exact) mass is 225 g/mol. The second kappa shape index (κ2) is 4.22. The lowest BCUT2D eigenvalue weighted by Gasteiger charge is -2.06. The molecule has 0 aliphatic heterocycles. The van der Waals surface area contributed by atoms with Crippen molar-refractivity contribution < 1.29 is 4.74 Å². The van der Waals surface area contributed by atoms with E-state index in [4.69, 9.17) is 4.74 Å². The third-order valence-corrected chi connectivity index (χ3v) is 3.10. The van der Waals surface area contributed by atoms with Crippen LogP contribution < -0.4 is 0 Å². The molecular formula is C15H15NO. The number of aromatic nitrogens is 1. The summed E-state index contributed by atoms with van der Waals surface area (Å²) >= 11 is 0. The molecule has 0 N–H and O–H groups in total. The lowest BCUT2D eigenvalue weighted by Crippen LogP contribution is -2.01. The molecule has 0 saturated carbocycles. The number of para-hydroxylation sites is 2. The molecule has 0 spiro atoms. The highest BCUT2D eigenvalue weighted by atomic mass is 16.5. The highest BCUT2D eigenvalue weighted by Gasteiger charge is 2.08. The second-order valence-corrected chi connectivity index (χ2v) is 4.08. The molecule has 0 bridgehead atoms. The predicted octanol–water partition coefficient (Wildman–Crippen LogP) is 3.79. The molecule has 0 aliphatic rings. The maximum absolute atomic E-state index is 5.56. The van der Waals surface area contributed by atoms with Crippen LogP contribution in [-0.2, 0) is 11.5 Å². The van der Waals surface area contributed by atoms with E-state index in [9.17, 15) is 0 Å². The van der Waals surface area contributed by atoms with Crippen LogP contribution in [0, 0.1) is 0 Å². The summed E-state index contributed by atoms with van der Waals surface area (Å²) in [7, 11) is 0. The van der Waals surface area contributed by atoms with Crippen LogP contribution >= 0.6 is 0 Å². The molecule has 0 radical (unpaired) electrons. The first-order valence-corrected chi connectivity index (χ1v) is 5.95. The second-order valence-electron chi connectivity index (χ2n) is 4.08. The van der Waals surface area contributed by atoms with Gasteiger partial charge >= 0.3 is 0 Å². The zero-order valence-electron chi connectivity index (χ0n) is 9.89. The van der Waals surface area contributed by atoms with Gasteiger partial charge in [-0.25, -0.2) is 0 Å². The first-order valence-electron chi connectivity index (χ1n) is 5.95. The molecule has 2 nitrogen and oxygen atoms in total. The Bertz CT molecular complexity index is 601. The maximum Gasteiger partial charge on any atom is 0.123 e. The first-order chi connectivity index (χ1) is 8.42. The highest BCUT2D eigenvalue weighted by Crippen LogP contribution is 2.28. The fourth-order valence-electron chi connectivity index (χ4n) is 2.32. The number of rotatable bonds is 3. The van der Waals surface area contributed by atoms with Gasteiger partial charge in [-0.05, 0) is 19.1 Å². The average molecular weight is 225 g/mol. The van der Waals surface area contributed by atoms with E-state index in [0.29, 0.717) is 6.73 Å². The average Bonchev–Trinajstić information content (AvgIpc) is 2.71. The van der Waals surface area contributed by atoms with Gasteiger partial charge in [0, 0.05) is 17.4 Å². The van der Waals surface area contributed by atoms with Gasteiger partial charge in [-0.1, -0.05) is 36.4 Å². The fraction of sp³-hybridized carbons (Fsp3) is 0.200. The Morgan fingerprint density at radius 1 is 0.882 bits per heavy atom. The van der Waals surface area contributed by atoms with E-state index < -0.39 is 0 Å². The molecule has 1 heterocycles. The molecule has 0 unspecified atom stereocenters. The topological polar surface area (TPSA) is 14.2 Å². The summed E-state index contributed by atoms with van der Waals surface area (Å²) in [6, 6.07) is 16.9. The molecule has 0 atom stereocenters. The van der Waals surface area contributed by atoms with Gasteiger partial charge in [0.2, 0.25) is 0 Å². The van der Waals surface area contributed by atoms with Crippen molar-refractivity contribution in [2.24, 2.45) is 0 Å². The molecule has 3 aromatic rings. The minimum Gasteiger partial charge on any atom is -0.361 e. The van der Waals surface area contributed by atoms with Crippen LogP contribution in [-0.4, -0.2) is 11.2 Å². The Labute approximate surface area is 100 Å². The van der Waals surface area contributed by atoms with Crippen molar-refractivity contribution in [3.05, 3.63) is 48.5 Å². The summed E-state index contributed by atoms with van der Waals surface area (Å²) in [6.45, 7) is 3.37. The highest BCUT2D eigenvalue weighted by molar-refractivity contribution is 6.07. The SMILES string of the molecule is CCOCn1c2ccccc2c2ccccc21. The van der Waals surface area contributed by atoms with Crippen molar-refractivity contribution >= 4 is 21.8 Å². The largest absolute Gasteiger partial charge is 0.361 e. The van der Waals surface area contributed by atoms with Crippen molar-refractivity contribution in [2.75, 3.05) is 6.61 Å². The van der Waals surface area contributed by atoms with Gasteiger partial charge in [-0.2, -0.15) is 0 Å². The number of hydrogen-bond donors (Lipinski definition) is 0. The Kier molecular flexibility index (Phi) is 2.57. The van der Waals surface area contributed by atoms with Crippen molar-refractivity contribution in [3.63, 3.8) is 0 Å². The van der Waals surface area contributed by atoms with Crippen molar-refractivity contribution in [2.45, 2.75) is 13.7 Å². The molecule has 0 aliphatic carbocycles. The number of hydrogen-bond acceptors (Lipinski definition) is 1. The van der Waals surface area contributed by atoms with Gasteiger partial charge in [0.15, 0.2) is 0 Å². The van der Waals surface area contributed by atoms with E-state index in [0.717, 1.165) is 6.61 Å². The Morgan fingerprint density at radius 3 is 1.94 bits per heavy atom. The van der Waals surface area contributed by atoms with Gasteiger partial charge in [0.1, 0.15) is 6.73 Å². The van der Waals surface area contributed by atoms with E-state index in [-0.39, 0.29) is 0 Å². The summed E-state index contributed by atoms with van der Waals surface area (Å²) in [5.41, 5.74) is 2.48. The summed E-state index contributed by atoms with van der Waals surface area (Å²) < 4.78 is 7.79. The van der Waals surface area contributed by atoms with Gasteiger partial charge in [-0.15, -0.1) is 0 Å². The molecule has 17 heavy (non-hydrogen) atoms. The minimum absolute atomic E-state index is 0.616. The summed E-state index contributed by atoms with van der Waals surface area (Å²) in [4.78, 5) is 0. The van der Waals surface area contributed by atoms with Crippen molar-refractivity contribution in [3.8, 4) is 0 Å². The van der Waals surface area contributed by atoms with Gasteiger partial charge in [0.25, 0.3) is 0 Å². The Balaban J connectivity index is 2.33. The van der Waals surface area contributed by atoms with Crippen LogP contribution in [0.1, 0.15) is 6.92 Å². The third kappa shape index (κ3) is 1.61. The first kappa shape index (κ1) is 10.4. The quantitative estimate of drug-likeness (QED) is 0.661. The van der Waals surface area contributed by atoms with E-state index in [1.54, 1.807) is 0 Å². The van der Waals surface area contributed by atoms with E-state index in [2.05, 4.69) is 53.1 Å². The molecule has 3 rings (SSSR count). The van der Waals surface area contributed by atoms with E-state index >= 15 is 0 Å². The Hall–Kier alpha value is -1.80. The Morgan fingerprint density at radius 2 is 1.41 bits per heavy atom. The number of fused-ring (bicyclic) bond motifs is 3. The number of ether oxygens (including phenoxy) is 1. The molecule has 2 aromatic carbocycles. The van der Waals surface area contributed by atoms with Crippen LogP contribution in [0.5, 0.6) is 0 Å². The van der Waals surface area contributed by atoms with Gasteiger partial charge in [0.05, 0.1) is 11.0 Å². The number of benzene rings is 2. The predicted molar refractivity (Wildman–Crippen MR) is 71.1 cm³/mol. The van der Waals surface area contributed by atoms with Gasteiger partial charge in [-0.3, -0.25) is 0 Å². The lowest BCUT2D eigenvalue weighted by molar-refractivity contribution is 0.0936. The van der Waals surface area contributed by atoms with E-state index in [1.165, 1.54) is 21.8 Å². The standard InChI is InChI=1S/C15H15NO/c1-2-17-11-16-14-9-5-3-7-12(14)13-8-4-6-10-15(13)16/h3-10H,2,11H2,1H3. The molecule has 0 fully saturated rings. The molecule has 2 heteroatoms. The molecule has 86 valence electrons. The normalized spacial score (nSPS) is 11.4. The summed E-state index contributed by atoms with van der Waals surface area (Å²) in [6.07, 6.45) is 0. The van der Waals surface area contributed by atoms with Crippen molar-refractivity contribution in [1.29, 1.82) is 0 Å². The minimum atomic E-state index is 0.616. The smallest absolute Gasteiger partial charge is 0.123 e. The van der Waals surface area contributed by atoms with Crippen LogP contribution in [0.4, 0.5) is 0 Å². The van der Waals surface area contributed by atoms with Crippen LogP contribution in [0.25, 0.3) is 21.8 Å². The van der Waals surface area contributed by atoms with Crippen LogP contribution in [0.3, 0.4) is 0 Å². The summed E-state index contributed by atoms with van der Waals surface area (Å²) in [5.74, 6) is 0. The van der Waals surface area contributed by atoms with Gasteiger partial charge < -0.3 is 9.30 Å². The zero-order chi connectivity index (χ0) is 11.7. The molecule has 0 saturated heterocycles. The summed E-state index contributed by atoms with van der Waals surface area (Å²) in [5, 5.41) is 2.59. The fourth-order valence-corrected chi connectivity index (χ4v) is 2.32. The van der Waals surface area contributed by atoms with Crippen LogP contribution in [0.2, 0.25) is 0 Å².